The Hall–Kier alpha value is -3.18. The fourth-order valence-corrected chi connectivity index (χ4v) is 4.35. The quantitative estimate of drug-likeness (QED) is 0.469. The van der Waals surface area contributed by atoms with Crippen LogP contribution in [-0.4, -0.2) is 51.3 Å². The number of ether oxygens (including phenoxy) is 1. The largest absolute Gasteiger partial charge is 0.378 e. The van der Waals surface area contributed by atoms with E-state index < -0.39 is 20.9 Å². The van der Waals surface area contributed by atoms with E-state index in [4.69, 9.17) is 4.74 Å². The van der Waals surface area contributed by atoms with Crippen LogP contribution in [0.25, 0.3) is 0 Å². The average Bonchev–Trinajstić information content (AvgIpc) is 2.75. The van der Waals surface area contributed by atoms with Crippen LogP contribution in [0.1, 0.15) is 23.7 Å². The number of carbonyl (C=O) groups excluding carboxylic acids is 1. The molecule has 166 valence electrons. The van der Waals surface area contributed by atoms with Crippen molar-refractivity contribution in [3.63, 3.8) is 0 Å². The first-order valence-electron chi connectivity index (χ1n) is 9.82. The van der Waals surface area contributed by atoms with Gasteiger partial charge in [0, 0.05) is 36.6 Å². The normalized spacial score (nSPS) is 14.2. The van der Waals surface area contributed by atoms with Gasteiger partial charge in [0.25, 0.3) is 11.6 Å². The van der Waals surface area contributed by atoms with Crippen molar-refractivity contribution in [1.82, 2.24) is 0 Å². The van der Waals surface area contributed by atoms with Gasteiger partial charge in [0.1, 0.15) is 0 Å². The van der Waals surface area contributed by atoms with Gasteiger partial charge in [0.2, 0.25) is 10.0 Å². The molecule has 11 heteroatoms. The molecular formula is C20H24N4O6S. The van der Waals surface area contributed by atoms with Crippen LogP contribution < -0.4 is 14.9 Å². The molecule has 1 fully saturated rings. The van der Waals surface area contributed by atoms with E-state index in [1.165, 1.54) is 12.1 Å². The lowest BCUT2D eigenvalue weighted by Crippen LogP contribution is -2.37. The maximum atomic E-state index is 12.9. The van der Waals surface area contributed by atoms with Gasteiger partial charge in [0.05, 0.1) is 35.1 Å². The summed E-state index contributed by atoms with van der Waals surface area (Å²) >= 11 is 0. The number of sulfonamides is 1. The van der Waals surface area contributed by atoms with Gasteiger partial charge >= 0.3 is 0 Å². The van der Waals surface area contributed by atoms with Crippen LogP contribution in [0.2, 0.25) is 0 Å². The Bertz CT molecular complexity index is 1050. The van der Waals surface area contributed by atoms with Crippen molar-refractivity contribution in [2.75, 3.05) is 47.0 Å². The molecule has 0 radical (unpaired) electrons. The number of carbonyl (C=O) groups is 1. The number of benzene rings is 2. The molecule has 2 aromatic carbocycles. The molecule has 1 aliphatic rings. The number of nitro groups is 1. The fraction of sp³-hybridized carbons (Fsp3) is 0.350. The van der Waals surface area contributed by atoms with Gasteiger partial charge in [0.15, 0.2) is 0 Å². The van der Waals surface area contributed by atoms with Crippen LogP contribution in [0.3, 0.4) is 0 Å². The van der Waals surface area contributed by atoms with Crippen molar-refractivity contribution in [2.45, 2.75) is 13.3 Å². The highest BCUT2D eigenvalue weighted by Gasteiger charge is 2.22. The van der Waals surface area contributed by atoms with Crippen molar-refractivity contribution < 1.29 is 22.9 Å². The second-order valence-corrected chi connectivity index (χ2v) is 8.85. The third-order valence-corrected chi connectivity index (χ3v) is 6.17. The molecule has 2 N–H and O–H groups in total. The molecule has 0 spiro atoms. The molecule has 1 aliphatic heterocycles. The predicted molar refractivity (Wildman–Crippen MR) is 118 cm³/mol. The standard InChI is InChI=1S/C20H24N4O6S/c1-2-13-31(28,29)22-16-5-3-15(4-6-16)21-20(25)18-14-17(24(26)27)7-8-19(18)23-9-11-30-12-10-23/h3-8,14,22H,2,9-13H2,1H3,(H,21,25). The Balaban J connectivity index is 1.80. The van der Waals surface area contributed by atoms with E-state index in [2.05, 4.69) is 10.0 Å². The third kappa shape index (κ3) is 5.92. The lowest BCUT2D eigenvalue weighted by atomic mass is 10.1. The number of hydrogen-bond acceptors (Lipinski definition) is 7. The first-order valence-corrected chi connectivity index (χ1v) is 11.5. The predicted octanol–water partition coefficient (Wildman–Crippen LogP) is 2.84. The minimum absolute atomic E-state index is 0.0165. The number of rotatable bonds is 8. The van der Waals surface area contributed by atoms with Crippen LogP contribution in [0.15, 0.2) is 42.5 Å². The van der Waals surface area contributed by atoms with E-state index in [1.807, 2.05) is 4.90 Å². The number of amides is 1. The van der Waals surface area contributed by atoms with Crippen molar-refractivity contribution in [3.8, 4) is 0 Å². The molecule has 31 heavy (non-hydrogen) atoms. The van der Waals surface area contributed by atoms with Crippen molar-refractivity contribution in [2.24, 2.45) is 0 Å². The summed E-state index contributed by atoms with van der Waals surface area (Å²) in [4.78, 5) is 25.6. The minimum Gasteiger partial charge on any atom is -0.378 e. The second-order valence-electron chi connectivity index (χ2n) is 7.01. The zero-order valence-corrected chi connectivity index (χ0v) is 17.9. The first kappa shape index (κ1) is 22.5. The van der Waals surface area contributed by atoms with E-state index in [1.54, 1.807) is 37.3 Å². The average molecular weight is 449 g/mol. The van der Waals surface area contributed by atoms with Crippen molar-refractivity contribution in [3.05, 3.63) is 58.1 Å². The lowest BCUT2D eigenvalue weighted by Gasteiger charge is -2.30. The van der Waals surface area contributed by atoms with E-state index >= 15 is 0 Å². The summed E-state index contributed by atoms with van der Waals surface area (Å²) in [5.74, 6) is -0.479. The zero-order chi connectivity index (χ0) is 22.4. The summed E-state index contributed by atoms with van der Waals surface area (Å²) in [6.45, 7) is 3.94. The Morgan fingerprint density at radius 1 is 1.13 bits per heavy atom. The highest BCUT2D eigenvalue weighted by atomic mass is 32.2. The molecule has 1 amide bonds. The van der Waals surface area contributed by atoms with E-state index in [-0.39, 0.29) is 17.0 Å². The molecule has 2 aromatic rings. The molecule has 0 unspecified atom stereocenters. The summed E-state index contributed by atoms with van der Waals surface area (Å²) in [6, 6.07) is 10.4. The number of nitro benzene ring substituents is 1. The SMILES string of the molecule is CCCS(=O)(=O)Nc1ccc(NC(=O)c2cc([N+](=O)[O-])ccc2N2CCOCC2)cc1. The van der Waals surface area contributed by atoms with E-state index in [9.17, 15) is 23.3 Å². The van der Waals surface area contributed by atoms with Gasteiger partial charge < -0.3 is 15.0 Å². The van der Waals surface area contributed by atoms with Gasteiger partial charge in [-0.05, 0) is 36.8 Å². The van der Waals surface area contributed by atoms with Crippen LogP contribution in [0, 0.1) is 10.1 Å². The van der Waals surface area contributed by atoms with Gasteiger partial charge in [-0.3, -0.25) is 19.6 Å². The zero-order valence-electron chi connectivity index (χ0n) is 17.0. The molecule has 0 aromatic heterocycles. The van der Waals surface area contributed by atoms with Gasteiger partial charge in [-0.15, -0.1) is 0 Å². The van der Waals surface area contributed by atoms with Crippen molar-refractivity contribution in [1.29, 1.82) is 0 Å². The molecule has 1 heterocycles. The summed E-state index contributed by atoms with van der Waals surface area (Å²) in [5, 5.41) is 13.9. The Morgan fingerprint density at radius 2 is 1.77 bits per heavy atom. The topological polar surface area (TPSA) is 131 Å². The van der Waals surface area contributed by atoms with Gasteiger partial charge in [-0.25, -0.2) is 8.42 Å². The monoisotopic (exact) mass is 448 g/mol. The number of nitrogens with one attached hydrogen (secondary N) is 2. The van der Waals surface area contributed by atoms with E-state index in [0.29, 0.717) is 49.8 Å². The van der Waals surface area contributed by atoms with Crippen LogP contribution in [0.5, 0.6) is 0 Å². The molecule has 0 aliphatic carbocycles. The second kappa shape index (κ2) is 9.75. The molecule has 10 nitrogen and oxygen atoms in total. The summed E-state index contributed by atoms with van der Waals surface area (Å²) in [5.41, 5.74) is 1.42. The maximum Gasteiger partial charge on any atom is 0.270 e. The van der Waals surface area contributed by atoms with Gasteiger partial charge in [-0.1, -0.05) is 6.92 Å². The van der Waals surface area contributed by atoms with Crippen LogP contribution >= 0.6 is 0 Å². The summed E-state index contributed by atoms with van der Waals surface area (Å²) < 4.78 is 31.6. The molecule has 0 saturated carbocycles. The molecular weight excluding hydrogens is 424 g/mol. The summed E-state index contributed by atoms with van der Waals surface area (Å²) in [7, 11) is -3.41. The molecule has 0 bridgehead atoms. The molecule has 0 atom stereocenters. The fourth-order valence-electron chi connectivity index (χ4n) is 3.22. The third-order valence-electron chi connectivity index (χ3n) is 4.68. The van der Waals surface area contributed by atoms with Crippen molar-refractivity contribution >= 4 is 38.7 Å². The van der Waals surface area contributed by atoms with Crippen LogP contribution in [0.4, 0.5) is 22.7 Å². The van der Waals surface area contributed by atoms with Gasteiger partial charge in [-0.2, -0.15) is 0 Å². The van der Waals surface area contributed by atoms with E-state index in [0.717, 1.165) is 0 Å². The first-order chi connectivity index (χ1) is 14.8. The molecule has 1 saturated heterocycles. The number of hydrogen-bond donors (Lipinski definition) is 2. The summed E-state index contributed by atoms with van der Waals surface area (Å²) in [6.07, 6.45) is 0.498. The highest BCUT2D eigenvalue weighted by molar-refractivity contribution is 7.92. The Morgan fingerprint density at radius 3 is 2.39 bits per heavy atom. The Kier molecular flexibility index (Phi) is 7.08. The maximum absolute atomic E-state index is 12.9. The highest BCUT2D eigenvalue weighted by Crippen LogP contribution is 2.27. The van der Waals surface area contributed by atoms with Crippen LogP contribution in [-0.2, 0) is 14.8 Å². The Labute approximate surface area is 180 Å². The smallest absolute Gasteiger partial charge is 0.270 e. The number of non-ortho nitro benzene ring substituents is 1. The molecule has 3 rings (SSSR count). The number of morpholine rings is 1. The lowest BCUT2D eigenvalue weighted by molar-refractivity contribution is -0.384. The minimum atomic E-state index is -3.41. The number of anilines is 3. The number of nitrogens with zero attached hydrogens (tertiary/aromatic N) is 2.